The third kappa shape index (κ3) is 4.55. The van der Waals surface area contributed by atoms with Gasteiger partial charge >= 0.3 is 0 Å². The van der Waals surface area contributed by atoms with Gasteiger partial charge < -0.3 is 15.4 Å². The van der Waals surface area contributed by atoms with Gasteiger partial charge in [0, 0.05) is 32.4 Å². The van der Waals surface area contributed by atoms with Gasteiger partial charge in [-0.1, -0.05) is 12.1 Å². The van der Waals surface area contributed by atoms with E-state index in [-0.39, 0.29) is 0 Å². The van der Waals surface area contributed by atoms with Crippen LogP contribution in [0.2, 0.25) is 0 Å². The first-order valence-electron chi connectivity index (χ1n) is 5.34. The van der Waals surface area contributed by atoms with Gasteiger partial charge in [0.2, 0.25) is 5.88 Å². The molecule has 2 N–H and O–H groups in total. The number of guanidine groups is 1. The van der Waals surface area contributed by atoms with E-state index in [0.717, 1.165) is 11.5 Å². The molecule has 0 aliphatic heterocycles. The first kappa shape index (κ1) is 13.0. The van der Waals surface area contributed by atoms with E-state index < -0.39 is 0 Å². The van der Waals surface area contributed by atoms with Gasteiger partial charge in [-0.15, -0.1) is 6.58 Å². The highest BCUT2D eigenvalue weighted by molar-refractivity contribution is 5.79. The minimum Gasteiger partial charge on any atom is -0.481 e. The van der Waals surface area contributed by atoms with Crippen molar-refractivity contribution in [2.24, 2.45) is 4.99 Å². The third-order valence-electron chi connectivity index (χ3n) is 2.10. The molecule has 0 unspecified atom stereocenters. The lowest BCUT2D eigenvalue weighted by Crippen LogP contribution is -2.36. The summed E-state index contributed by atoms with van der Waals surface area (Å²) in [5.41, 5.74) is 1.06. The average molecular weight is 234 g/mol. The van der Waals surface area contributed by atoms with Gasteiger partial charge in [0.15, 0.2) is 5.96 Å². The predicted octanol–water partition coefficient (Wildman–Crippen LogP) is 0.941. The second kappa shape index (κ2) is 7.27. The number of aliphatic imine (C=N–C) groups is 1. The monoisotopic (exact) mass is 234 g/mol. The molecule has 0 bridgehead atoms. The molecule has 0 amide bonds. The van der Waals surface area contributed by atoms with Crippen LogP contribution in [0.5, 0.6) is 5.88 Å². The first-order chi connectivity index (χ1) is 8.30. The van der Waals surface area contributed by atoms with Gasteiger partial charge in [-0.25, -0.2) is 4.98 Å². The standard InChI is InChI=1S/C12H18N4O/c1-4-7-14-12(13-2)16-9-10-5-6-11(17-3)15-8-10/h4-6,8H,1,7,9H2,2-3H3,(H2,13,14,16). The highest BCUT2D eigenvalue weighted by Crippen LogP contribution is 2.05. The topological polar surface area (TPSA) is 58.5 Å². The number of nitrogens with one attached hydrogen (secondary N) is 2. The van der Waals surface area contributed by atoms with E-state index >= 15 is 0 Å². The Morgan fingerprint density at radius 1 is 1.53 bits per heavy atom. The Morgan fingerprint density at radius 3 is 2.88 bits per heavy atom. The van der Waals surface area contributed by atoms with Crippen molar-refractivity contribution in [2.45, 2.75) is 6.54 Å². The molecule has 0 fully saturated rings. The van der Waals surface area contributed by atoms with Crippen molar-refractivity contribution in [3.05, 3.63) is 36.5 Å². The SMILES string of the molecule is C=CCNC(=NC)NCc1ccc(OC)nc1. The summed E-state index contributed by atoms with van der Waals surface area (Å²) < 4.78 is 4.99. The fraction of sp³-hybridized carbons (Fsp3) is 0.333. The van der Waals surface area contributed by atoms with E-state index in [9.17, 15) is 0 Å². The van der Waals surface area contributed by atoms with E-state index in [1.165, 1.54) is 0 Å². The summed E-state index contributed by atoms with van der Waals surface area (Å²) in [5.74, 6) is 1.35. The van der Waals surface area contributed by atoms with E-state index in [0.29, 0.717) is 19.0 Å². The molecule has 5 heteroatoms. The van der Waals surface area contributed by atoms with Gasteiger partial charge in [-0.05, 0) is 5.56 Å². The van der Waals surface area contributed by atoms with Crippen LogP contribution >= 0.6 is 0 Å². The molecule has 92 valence electrons. The molecule has 0 radical (unpaired) electrons. The molecule has 1 heterocycles. The zero-order chi connectivity index (χ0) is 12.5. The number of ether oxygens (including phenoxy) is 1. The van der Waals surface area contributed by atoms with Crippen LogP contribution in [0.3, 0.4) is 0 Å². The van der Waals surface area contributed by atoms with E-state index in [2.05, 4.69) is 27.2 Å². The van der Waals surface area contributed by atoms with Crippen molar-refractivity contribution < 1.29 is 4.74 Å². The van der Waals surface area contributed by atoms with Crippen LogP contribution in [0.15, 0.2) is 36.0 Å². The molecule has 1 aromatic rings. The molecule has 0 spiro atoms. The smallest absolute Gasteiger partial charge is 0.212 e. The second-order valence-electron chi connectivity index (χ2n) is 3.30. The molecular weight excluding hydrogens is 216 g/mol. The van der Waals surface area contributed by atoms with Crippen LogP contribution in [0, 0.1) is 0 Å². The zero-order valence-corrected chi connectivity index (χ0v) is 10.2. The Morgan fingerprint density at radius 2 is 2.35 bits per heavy atom. The summed E-state index contributed by atoms with van der Waals surface area (Å²) in [6, 6.07) is 3.79. The summed E-state index contributed by atoms with van der Waals surface area (Å²) >= 11 is 0. The molecule has 0 saturated carbocycles. The fourth-order valence-electron chi connectivity index (χ4n) is 1.21. The maximum atomic E-state index is 4.99. The highest BCUT2D eigenvalue weighted by Gasteiger charge is 1.98. The van der Waals surface area contributed by atoms with Gasteiger partial charge in [0.05, 0.1) is 7.11 Å². The van der Waals surface area contributed by atoms with Gasteiger partial charge in [0.25, 0.3) is 0 Å². The van der Waals surface area contributed by atoms with Crippen LogP contribution in [0.1, 0.15) is 5.56 Å². The summed E-state index contributed by atoms with van der Waals surface area (Å²) in [6.07, 6.45) is 3.55. The molecule has 17 heavy (non-hydrogen) atoms. The molecule has 0 aliphatic carbocycles. The number of methoxy groups -OCH3 is 1. The summed E-state index contributed by atoms with van der Waals surface area (Å²) in [7, 11) is 3.33. The van der Waals surface area contributed by atoms with Gasteiger partial charge in [-0.3, -0.25) is 4.99 Å². The molecule has 5 nitrogen and oxygen atoms in total. The maximum absolute atomic E-state index is 4.99. The van der Waals surface area contributed by atoms with Crippen LogP contribution < -0.4 is 15.4 Å². The Kier molecular flexibility index (Phi) is 5.57. The van der Waals surface area contributed by atoms with Gasteiger partial charge in [0.1, 0.15) is 0 Å². The van der Waals surface area contributed by atoms with Crippen LogP contribution in [0.25, 0.3) is 0 Å². The summed E-state index contributed by atoms with van der Waals surface area (Å²) in [6.45, 7) is 4.98. The normalized spacial score (nSPS) is 10.8. The summed E-state index contributed by atoms with van der Waals surface area (Å²) in [5, 5.41) is 6.26. The molecule has 0 aromatic carbocycles. The molecule has 0 aliphatic rings. The second-order valence-corrected chi connectivity index (χ2v) is 3.30. The number of aromatic nitrogens is 1. The Hall–Kier alpha value is -2.04. The van der Waals surface area contributed by atoms with E-state index in [1.807, 2.05) is 12.1 Å². The number of hydrogen-bond donors (Lipinski definition) is 2. The lowest BCUT2D eigenvalue weighted by Gasteiger charge is -2.10. The molecule has 0 atom stereocenters. The average Bonchev–Trinajstić information content (AvgIpc) is 2.39. The number of pyridine rings is 1. The van der Waals surface area contributed by atoms with Crippen molar-refractivity contribution >= 4 is 5.96 Å². The number of rotatable bonds is 5. The van der Waals surface area contributed by atoms with E-state index in [1.54, 1.807) is 26.4 Å². The van der Waals surface area contributed by atoms with Crippen LogP contribution in [-0.2, 0) is 6.54 Å². The Labute approximate surface area is 102 Å². The van der Waals surface area contributed by atoms with Crippen molar-refractivity contribution in [3.8, 4) is 5.88 Å². The summed E-state index contributed by atoms with van der Waals surface area (Å²) in [4.78, 5) is 8.20. The lowest BCUT2D eigenvalue weighted by atomic mass is 10.3. The minimum atomic E-state index is 0.614. The zero-order valence-electron chi connectivity index (χ0n) is 10.2. The Bertz CT molecular complexity index is 373. The molecule has 0 saturated heterocycles. The quantitative estimate of drug-likeness (QED) is 0.452. The largest absolute Gasteiger partial charge is 0.481 e. The minimum absolute atomic E-state index is 0.614. The first-order valence-corrected chi connectivity index (χ1v) is 5.34. The van der Waals surface area contributed by atoms with Gasteiger partial charge in [-0.2, -0.15) is 0 Å². The Balaban J connectivity index is 2.45. The van der Waals surface area contributed by atoms with Crippen LogP contribution in [0.4, 0.5) is 0 Å². The number of hydrogen-bond acceptors (Lipinski definition) is 3. The van der Waals surface area contributed by atoms with Crippen molar-refractivity contribution in [2.75, 3.05) is 20.7 Å². The van der Waals surface area contributed by atoms with Crippen molar-refractivity contribution in [1.82, 2.24) is 15.6 Å². The third-order valence-corrected chi connectivity index (χ3v) is 2.10. The van der Waals surface area contributed by atoms with Crippen LogP contribution in [-0.4, -0.2) is 31.6 Å². The molecular formula is C12H18N4O. The number of nitrogens with zero attached hydrogens (tertiary/aromatic N) is 2. The maximum Gasteiger partial charge on any atom is 0.212 e. The molecule has 1 rings (SSSR count). The van der Waals surface area contributed by atoms with Crippen molar-refractivity contribution in [3.63, 3.8) is 0 Å². The predicted molar refractivity (Wildman–Crippen MR) is 69.2 cm³/mol. The lowest BCUT2D eigenvalue weighted by molar-refractivity contribution is 0.397. The fourth-order valence-corrected chi connectivity index (χ4v) is 1.21. The molecule has 1 aromatic heterocycles. The van der Waals surface area contributed by atoms with E-state index in [4.69, 9.17) is 4.74 Å². The van der Waals surface area contributed by atoms with Crippen molar-refractivity contribution in [1.29, 1.82) is 0 Å². The highest BCUT2D eigenvalue weighted by atomic mass is 16.5.